The fourth-order valence-electron chi connectivity index (χ4n) is 5.80. The van der Waals surface area contributed by atoms with Crippen LogP contribution in [0.25, 0.3) is 0 Å². The number of allylic oxidation sites excluding steroid dienone is 2. The zero-order valence-corrected chi connectivity index (χ0v) is 25.4. The predicted octanol–water partition coefficient (Wildman–Crippen LogP) is -7.82. The van der Waals surface area contributed by atoms with Gasteiger partial charge in [-0.05, 0) is 45.6 Å². The summed E-state index contributed by atoms with van der Waals surface area (Å²) in [5.74, 6) is 0. The summed E-state index contributed by atoms with van der Waals surface area (Å²) in [5.41, 5.74) is 0.791. The highest BCUT2D eigenvalue weighted by Crippen LogP contribution is 2.46. The highest BCUT2D eigenvalue weighted by atomic mass is 35.7. The zero-order valence-electron chi connectivity index (χ0n) is 23.0. The summed E-state index contributed by atoms with van der Waals surface area (Å²) in [6, 6.07) is 1.31. The molecule has 2 atom stereocenters. The summed E-state index contributed by atoms with van der Waals surface area (Å²) in [6.45, 7) is 18.2. The molecule has 0 aromatic heterocycles. The van der Waals surface area contributed by atoms with Crippen LogP contribution in [0.5, 0.6) is 0 Å². The van der Waals surface area contributed by atoms with Gasteiger partial charge in [-0.25, -0.2) is 37.3 Å². The fraction of sp³-hybridized carbons (Fsp3) is 0.833. The first-order valence-electron chi connectivity index (χ1n) is 13.0. The first-order valence-corrected chi connectivity index (χ1v) is 16.3. The van der Waals surface area contributed by atoms with Crippen LogP contribution in [-0.4, -0.2) is 64.7 Å². The Morgan fingerprint density at radius 1 is 0.641 bits per heavy atom. The fourth-order valence-corrected chi connectivity index (χ4v) is 7.53. The van der Waals surface area contributed by atoms with E-state index < -0.39 is 20.5 Å². The van der Waals surface area contributed by atoms with Crippen molar-refractivity contribution in [2.75, 3.05) is 52.6 Å². The van der Waals surface area contributed by atoms with Crippen molar-refractivity contribution in [3.8, 4) is 0 Å². The van der Waals surface area contributed by atoms with Gasteiger partial charge in [0, 0.05) is 12.8 Å². The van der Waals surface area contributed by atoms with E-state index in [0.717, 1.165) is 52.6 Å². The Balaban J connectivity index is 0.000000458. The molecule has 2 N–H and O–H groups in total. The third kappa shape index (κ3) is 15.7. The Morgan fingerprint density at radius 2 is 0.923 bits per heavy atom. The van der Waals surface area contributed by atoms with E-state index in [4.69, 9.17) is 46.7 Å². The molecule has 12 nitrogen and oxygen atoms in total. The van der Waals surface area contributed by atoms with Gasteiger partial charge in [0.05, 0.1) is 26.4 Å². The molecular formula is C24H42Cl2N2O10S. The zero-order chi connectivity index (χ0) is 29.5. The lowest BCUT2D eigenvalue weighted by Gasteiger charge is -2.41. The van der Waals surface area contributed by atoms with Gasteiger partial charge < -0.3 is 19.3 Å². The summed E-state index contributed by atoms with van der Waals surface area (Å²) < 4.78 is 79.2. The molecule has 228 valence electrons. The maximum Gasteiger partial charge on any atom is 0.108 e. The van der Waals surface area contributed by atoms with Crippen LogP contribution in [0, 0.1) is 31.3 Å². The molecule has 2 aliphatic heterocycles. The molecule has 39 heavy (non-hydrogen) atoms. The summed E-state index contributed by atoms with van der Waals surface area (Å²) >= 11 is 2.11. The molecule has 4 rings (SSSR count). The van der Waals surface area contributed by atoms with Gasteiger partial charge in [0.25, 0.3) is 0 Å². The highest BCUT2D eigenvalue weighted by molar-refractivity contribution is 8.06. The topological polar surface area (TPSA) is 212 Å². The van der Waals surface area contributed by atoms with Crippen molar-refractivity contribution < 1.29 is 77.0 Å². The van der Waals surface area contributed by atoms with Gasteiger partial charge in [0.15, 0.2) is 0 Å². The first-order chi connectivity index (χ1) is 17.8. The maximum absolute atomic E-state index is 8.49. The van der Waals surface area contributed by atoms with Crippen LogP contribution in [0.2, 0.25) is 0 Å². The number of hydrogen-bond donors (Lipinski definition) is 2. The van der Waals surface area contributed by atoms with Gasteiger partial charge in [-0.1, -0.05) is 39.5 Å². The van der Waals surface area contributed by atoms with Gasteiger partial charge in [-0.2, -0.15) is 0 Å². The molecule has 15 heteroatoms. The number of thioether (sulfide) groups is 1. The Morgan fingerprint density at radius 3 is 1.21 bits per heavy atom. The third-order valence-electron chi connectivity index (χ3n) is 7.21. The Labute approximate surface area is 239 Å². The minimum atomic E-state index is -4.94. The summed E-state index contributed by atoms with van der Waals surface area (Å²) in [5, 5.41) is 0. The molecule has 0 aromatic rings. The van der Waals surface area contributed by atoms with Gasteiger partial charge in [0.2, 0.25) is 0 Å². The predicted molar refractivity (Wildman–Crippen MR) is 120 cm³/mol. The number of morpholine rings is 2. The minimum Gasteiger partial charge on any atom is -0.370 e. The van der Waals surface area contributed by atoms with E-state index in [1.54, 1.807) is 19.6 Å². The van der Waals surface area contributed by atoms with Crippen LogP contribution < -0.4 is 47.1 Å². The number of halogens is 2. The van der Waals surface area contributed by atoms with E-state index >= 15 is 0 Å². The smallest absolute Gasteiger partial charge is 0.108 e. The Bertz CT molecular complexity index is 743. The maximum atomic E-state index is 8.49. The van der Waals surface area contributed by atoms with Crippen molar-refractivity contribution in [1.82, 2.24) is 0 Å². The molecule has 0 radical (unpaired) electrons. The molecule has 2 fully saturated rings. The lowest BCUT2D eigenvalue weighted by Crippen LogP contribution is -3.17. The molecule has 0 amide bonds. The van der Waals surface area contributed by atoms with Gasteiger partial charge >= 0.3 is 0 Å². The van der Waals surface area contributed by atoms with Crippen LogP contribution in [0.15, 0.2) is 22.0 Å². The standard InChI is InChI=1S/C24H40N2O2S.2ClHO4/c1-23(2)15-19(25-5-9-27-10-6-25)13-21(17-23)29-22-14-20(16-24(3,4)18-22)26-7-11-28-12-8-26;2*2-1(3,4)5/h13-14,19-20H,5-12,15-18H2,1-4H3;2*(H,2,3,4,5). The lowest BCUT2D eigenvalue weighted by atomic mass is 9.78. The van der Waals surface area contributed by atoms with Crippen LogP contribution >= 0.6 is 11.8 Å². The number of hydrogen-bond acceptors (Lipinski definition) is 11. The monoisotopic (exact) mass is 620 g/mol. The van der Waals surface area contributed by atoms with Crippen molar-refractivity contribution in [1.29, 1.82) is 0 Å². The SMILES string of the molecule is CC1(C)CC(SC2=CC([NH+]3CCOCC3)CC(C)(C)C2)=CC([NH+]2CCOCC2)C1.[O-][Cl+3]([O-])([O-])[O-].[O-][Cl+3]([O-])([O-])[O-]. The largest absolute Gasteiger partial charge is 0.370 e. The second kappa shape index (κ2) is 14.9. The molecule has 2 unspecified atom stereocenters. The molecule has 4 aliphatic rings. The summed E-state index contributed by atoms with van der Waals surface area (Å²) in [6.07, 6.45) is 10.3. The second-order valence-corrected chi connectivity index (χ2v) is 14.7. The molecule has 0 saturated carbocycles. The Kier molecular flexibility index (Phi) is 13.4. The van der Waals surface area contributed by atoms with E-state index in [1.165, 1.54) is 25.7 Å². The van der Waals surface area contributed by atoms with Crippen LogP contribution in [0.1, 0.15) is 53.4 Å². The molecular weight excluding hydrogens is 579 g/mol. The van der Waals surface area contributed by atoms with Crippen LogP contribution in [0.4, 0.5) is 0 Å². The average molecular weight is 622 g/mol. The second-order valence-electron chi connectivity index (χ2n) is 12.0. The van der Waals surface area contributed by atoms with Gasteiger partial charge in [-0.3, -0.25) is 0 Å². The lowest BCUT2D eigenvalue weighted by molar-refractivity contribution is -2.00. The third-order valence-corrected chi connectivity index (χ3v) is 8.29. The summed E-state index contributed by atoms with van der Waals surface area (Å²) in [7, 11) is -9.89. The molecule has 2 saturated heterocycles. The molecule has 0 spiro atoms. The molecule has 0 aromatic carbocycles. The van der Waals surface area contributed by atoms with Crippen molar-refractivity contribution >= 4 is 11.8 Å². The summed E-state index contributed by atoms with van der Waals surface area (Å²) in [4.78, 5) is 6.70. The molecule has 2 aliphatic carbocycles. The first kappa shape index (κ1) is 35.1. The molecule has 2 heterocycles. The van der Waals surface area contributed by atoms with Crippen LogP contribution in [-0.2, 0) is 9.47 Å². The van der Waals surface area contributed by atoms with E-state index in [0.29, 0.717) is 22.9 Å². The van der Waals surface area contributed by atoms with Crippen LogP contribution in [0.3, 0.4) is 0 Å². The minimum absolute atomic E-state index is 0.395. The highest BCUT2D eigenvalue weighted by Gasteiger charge is 2.38. The number of rotatable bonds is 4. The quantitative estimate of drug-likeness (QED) is 0.301. The average Bonchev–Trinajstić information content (AvgIpc) is 2.76. The van der Waals surface area contributed by atoms with E-state index in [2.05, 4.69) is 51.6 Å². The number of nitrogens with one attached hydrogen (secondary N) is 2. The normalized spacial score (nSPS) is 28.2. The van der Waals surface area contributed by atoms with E-state index in [-0.39, 0.29) is 0 Å². The Hall–Kier alpha value is -0.0700. The van der Waals surface area contributed by atoms with Crippen molar-refractivity contribution in [2.24, 2.45) is 10.8 Å². The van der Waals surface area contributed by atoms with Gasteiger partial charge in [0.1, 0.15) is 38.3 Å². The van der Waals surface area contributed by atoms with Gasteiger partial charge in [-0.15, -0.1) is 20.5 Å². The number of quaternary nitrogens is 2. The van der Waals surface area contributed by atoms with E-state index in [1.807, 2.05) is 0 Å². The van der Waals surface area contributed by atoms with Crippen molar-refractivity contribution in [3.63, 3.8) is 0 Å². The van der Waals surface area contributed by atoms with Crippen molar-refractivity contribution in [3.05, 3.63) is 22.0 Å². The number of ether oxygens (including phenoxy) is 2. The molecule has 0 bridgehead atoms. The van der Waals surface area contributed by atoms with E-state index in [9.17, 15) is 0 Å². The van der Waals surface area contributed by atoms with Crippen molar-refractivity contribution in [2.45, 2.75) is 65.5 Å².